The molecule has 1 aromatic carbocycles. The Kier molecular flexibility index (Phi) is 4.46. The van der Waals surface area contributed by atoms with Crippen LogP contribution in [0.25, 0.3) is 0 Å². The van der Waals surface area contributed by atoms with Crippen molar-refractivity contribution in [2.45, 2.75) is 37.1 Å². The van der Waals surface area contributed by atoms with Gasteiger partial charge in [-0.05, 0) is 48.9 Å². The summed E-state index contributed by atoms with van der Waals surface area (Å²) in [6, 6.07) is 5.47. The minimum Gasteiger partial charge on any atom is -0.365 e. The first-order chi connectivity index (χ1) is 10.6. The van der Waals surface area contributed by atoms with E-state index in [1.54, 1.807) is 13.1 Å². The molecule has 0 atom stereocenters. The van der Waals surface area contributed by atoms with E-state index in [2.05, 4.69) is 15.0 Å². The number of fused-ring (bicyclic) bond motifs is 1. The molecule has 5 nitrogen and oxygen atoms in total. The van der Waals surface area contributed by atoms with Crippen LogP contribution >= 0.6 is 11.3 Å². The maximum atomic E-state index is 12.4. The lowest BCUT2D eigenvalue weighted by Crippen LogP contribution is -2.23. The Balaban J connectivity index is 1.74. The topological polar surface area (TPSA) is 71.1 Å². The number of sulfonamides is 1. The molecule has 0 unspecified atom stereocenters. The molecule has 1 aliphatic rings. The van der Waals surface area contributed by atoms with E-state index in [-0.39, 0.29) is 6.54 Å². The highest BCUT2D eigenvalue weighted by Crippen LogP contribution is 2.24. The Hall–Kier alpha value is -1.44. The second-order valence-electron chi connectivity index (χ2n) is 5.36. The average Bonchev–Trinajstić information content (AvgIpc) is 3.01. The van der Waals surface area contributed by atoms with E-state index in [1.807, 2.05) is 17.5 Å². The normalized spacial score (nSPS) is 14.6. The van der Waals surface area contributed by atoms with Crippen LogP contribution in [0.15, 0.2) is 28.5 Å². The molecule has 0 amide bonds. The highest BCUT2D eigenvalue weighted by atomic mass is 32.2. The largest absolute Gasteiger partial charge is 0.365 e. The van der Waals surface area contributed by atoms with Gasteiger partial charge in [0.25, 0.3) is 0 Å². The summed E-state index contributed by atoms with van der Waals surface area (Å²) in [7, 11) is -1.70. The molecular weight excluding hydrogens is 318 g/mol. The van der Waals surface area contributed by atoms with Gasteiger partial charge < -0.3 is 5.32 Å². The number of aromatic nitrogens is 1. The standard InChI is InChI=1S/C15H19N3O2S2/c1-16-15-18-13(10-21-15)9-17-22(19,20)14-7-6-11-4-2-3-5-12(11)8-14/h6-8,10,17H,2-5,9H2,1H3,(H,16,18). The highest BCUT2D eigenvalue weighted by Gasteiger charge is 2.18. The molecule has 0 saturated carbocycles. The smallest absolute Gasteiger partial charge is 0.240 e. The van der Waals surface area contributed by atoms with E-state index in [0.29, 0.717) is 4.90 Å². The number of nitrogens with one attached hydrogen (secondary N) is 2. The Morgan fingerprint density at radius 1 is 1.23 bits per heavy atom. The van der Waals surface area contributed by atoms with E-state index >= 15 is 0 Å². The number of benzene rings is 1. The van der Waals surface area contributed by atoms with Crippen molar-refractivity contribution in [3.63, 3.8) is 0 Å². The van der Waals surface area contributed by atoms with Gasteiger partial charge in [-0.25, -0.2) is 18.1 Å². The number of nitrogens with zero attached hydrogens (tertiary/aromatic N) is 1. The van der Waals surface area contributed by atoms with Gasteiger partial charge in [0, 0.05) is 12.4 Å². The van der Waals surface area contributed by atoms with E-state index < -0.39 is 10.0 Å². The fraction of sp³-hybridized carbons (Fsp3) is 0.400. The first kappa shape index (κ1) is 15.5. The minimum atomic E-state index is -3.50. The molecule has 0 radical (unpaired) electrons. The molecule has 118 valence electrons. The molecular formula is C15H19N3O2S2. The van der Waals surface area contributed by atoms with Crippen LogP contribution in [-0.2, 0) is 29.4 Å². The van der Waals surface area contributed by atoms with Gasteiger partial charge in [0.15, 0.2) is 5.13 Å². The second-order valence-corrected chi connectivity index (χ2v) is 7.98. The van der Waals surface area contributed by atoms with Gasteiger partial charge in [0.05, 0.1) is 17.1 Å². The monoisotopic (exact) mass is 337 g/mol. The molecule has 0 spiro atoms. The predicted molar refractivity (Wildman–Crippen MR) is 88.8 cm³/mol. The number of anilines is 1. The van der Waals surface area contributed by atoms with Gasteiger partial charge in [0.1, 0.15) is 0 Å². The number of hydrogen-bond acceptors (Lipinski definition) is 5. The van der Waals surface area contributed by atoms with Crippen LogP contribution in [0.3, 0.4) is 0 Å². The Morgan fingerprint density at radius 2 is 2.00 bits per heavy atom. The van der Waals surface area contributed by atoms with Crippen LogP contribution in [0.4, 0.5) is 5.13 Å². The summed E-state index contributed by atoms with van der Waals surface area (Å²) >= 11 is 1.46. The quantitative estimate of drug-likeness (QED) is 0.879. The van der Waals surface area contributed by atoms with E-state index in [1.165, 1.54) is 28.9 Å². The lowest BCUT2D eigenvalue weighted by molar-refractivity contribution is 0.580. The van der Waals surface area contributed by atoms with Gasteiger partial charge in [0.2, 0.25) is 10.0 Å². The number of thiazole rings is 1. The summed E-state index contributed by atoms with van der Waals surface area (Å²) in [6.45, 7) is 0.206. The molecule has 22 heavy (non-hydrogen) atoms. The minimum absolute atomic E-state index is 0.206. The van der Waals surface area contributed by atoms with Crippen molar-refractivity contribution in [3.8, 4) is 0 Å². The van der Waals surface area contributed by atoms with Crippen molar-refractivity contribution in [1.82, 2.24) is 9.71 Å². The van der Waals surface area contributed by atoms with Gasteiger partial charge >= 0.3 is 0 Å². The summed E-state index contributed by atoms with van der Waals surface area (Å²) in [4.78, 5) is 4.62. The third-order valence-electron chi connectivity index (χ3n) is 3.84. The number of rotatable bonds is 5. The zero-order valence-corrected chi connectivity index (χ0v) is 14.1. The first-order valence-corrected chi connectivity index (χ1v) is 9.68. The second kappa shape index (κ2) is 6.36. The van der Waals surface area contributed by atoms with Gasteiger partial charge in [-0.1, -0.05) is 6.07 Å². The fourth-order valence-corrected chi connectivity index (χ4v) is 4.35. The zero-order valence-electron chi connectivity index (χ0n) is 12.4. The maximum Gasteiger partial charge on any atom is 0.240 e. The van der Waals surface area contributed by atoms with Crippen molar-refractivity contribution in [2.75, 3.05) is 12.4 Å². The summed E-state index contributed by atoms with van der Waals surface area (Å²) in [6.07, 6.45) is 4.34. The summed E-state index contributed by atoms with van der Waals surface area (Å²) < 4.78 is 27.5. The lowest BCUT2D eigenvalue weighted by atomic mass is 9.92. The number of hydrogen-bond donors (Lipinski definition) is 2. The Labute approximate surface area is 134 Å². The van der Waals surface area contributed by atoms with Gasteiger partial charge in [-0.3, -0.25) is 0 Å². The van der Waals surface area contributed by atoms with E-state index in [0.717, 1.165) is 30.1 Å². The molecule has 0 aliphatic heterocycles. The van der Waals surface area contributed by atoms with Crippen LogP contribution in [0, 0.1) is 0 Å². The fourth-order valence-electron chi connectivity index (χ4n) is 2.63. The summed E-state index contributed by atoms with van der Waals surface area (Å²) in [5, 5.41) is 5.57. The molecule has 1 aliphatic carbocycles. The maximum absolute atomic E-state index is 12.4. The zero-order chi connectivity index (χ0) is 15.6. The molecule has 0 bridgehead atoms. The van der Waals surface area contributed by atoms with Crippen molar-refractivity contribution in [3.05, 3.63) is 40.4 Å². The average molecular weight is 337 g/mol. The van der Waals surface area contributed by atoms with E-state index in [4.69, 9.17) is 0 Å². The Morgan fingerprint density at radius 3 is 2.73 bits per heavy atom. The van der Waals surface area contributed by atoms with Crippen molar-refractivity contribution in [2.24, 2.45) is 0 Å². The molecule has 1 heterocycles. The predicted octanol–water partition coefficient (Wildman–Crippen LogP) is 2.54. The SMILES string of the molecule is CNc1nc(CNS(=O)(=O)c2ccc3c(c2)CCCC3)cs1. The molecule has 3 rings (SSSR count). The van der Waals surface area contributed by atoms with Crippen LogP contribution in [-0.4, -0.2) is 20.4 Å². The van der Waals surface area contributed by atoms with Crippen molar-refractivity contribution < 1.29 is 8.42 Å². The van der Waals surface area contributed by atoms with Crippen LogP contribution in [0.5, 0.6) is 0 Å². The number of aryl methyl sites for hydroxylation is 2. The summed E-state index contributed by atoms with van der Waals surface area (Å²) in [5.41, 5.74) is 3.17. The van der Waals surface area contributed by atoms with Crippen LogP contribution in [0.1, 0.15) is 29.7 Å². The third kappa shape index (κ3) is 3.31. The highest BCUT2D eigenvalue weighted by molar-refractivity contribution is 7.89. The molecule has 0 fully saturated rings. The molecule has 7 heteroatoms. The first-order valence-electron chi connectivity index (χ1n) is 7.32. The lowest BCUT2D eigenvalue weighted by Gasteiger charge is -2.16. The van der Waals surface area contributed by atoms with Crippen molar-refractivity contribution >= 4 is 26.5 Å². The van der Waals surface area contributed by atoms with Gasteiger partial charge in [-0.15, -0.1) is 11.3 Å². The molecule has 2 N–H and O–H groups in total. The molecule has 0 saturated heterocycles. The third-order valence-corrected chi connectivity index (χ3v) is 6.15. The van der Waals surface area contributed by atoms with E-state index in [9.17, 15) is 8.42 Å². The Bertz CT molecular complexity index is 769. The molecule has 1 aromatic heterocycles. The van der Waals surface area contributed by atoms with Crippen molar-refractivity contribution in [1.29, 1.82) is 0 Å². The van der Waals surface area contributed by atoms with Crippen LogP contribution < -0.4 is 10.0 Å². The molecule has 2 aromatic rings. The summed E-state index contributed by atoms with van der Waals surface area (Å²) in [5.74, 6) is 0. The van der Waals surface area contributed by atoms with Crippen LogP contribution in [0.2, 0.25) is 0 Å². The van der Waals surface area contributed by atoms with Gasteiger partial charge in [-0.2, -0.15) is 0 Å².